The molecule has 2 rings (SSSR count). The molecule has 8 atom stereocenters. The molecule has 138 valence electrons. The molecule has 23 heavy (non-hydrogen) atoms. The quantitative estimate of drug-likeness (QED) is 0.662. The smallest absolute Gasteiger partial charge is 0.114 e. The Hall–Kier alpha value is -0.280. The maximum absolute atomic E-state index is 9.88. The van der Waals surface area contributed by atoms with Gasteiger partial charge in [-0.25, -0.2) is 0 Å². The largest absolute Gasteiger partial charge is 0.388 e. The summed E-state index contributed by atoms with van der Waals surface area (Å²) in [5.41, 5.74) is 0. The lowest BCUT2D eigenvalue weighted by molar-refractivity contribution is -0.233. The second-order valence-electron chi connectivity index (χ2n) is 6.56. The van der Waals surface area contributed by atoms with Crippen molar-refractivity contribution in [1.29, 1.82) is 0 Å². The Morgan fingerprint density at radius 2 is 1.48 bits per heavy atom. The fraction of sp³-hybridized carbons (Fsp3) is 1.00. The SMILES string of the molecule is COC1C(O)C(C)OC(C(C)C)C1O.COCC1OC(C)C1O. The van der Waals surface area contributed by atoms with Crippen molar-refractivity contribution in [3.63, 3.8) is 0 Å². The Morgan fingerprint density at radius 3 is 1.87 bits per heavy atom. The minimum atomic E-state index is -0.759. The average molecular weight is 336 g/mol. The molecule has 0 bridgehead atoms. The number of aliphatic hydroxyl groups excluding tert-OH is 3. The van der Waals surface area contributed by atoms with E-state index >= 15 is 0 Å². The Labute approximate surface area is 138 Å². The zero-order chi connectivity index (χ0) is 17.7. The minimum Gasteiger partial charge on any atom is -0.388 e. The highest BCUT2D eigenvalue weighted by atomic mass is 16.6. The van der Waals surface area contributed by atoms with E-state index in [-0.39, 0.29) is 36.4 Å². The first-order valence-corrected chi connectivity index (χ1v) is 8.11. The van der Waals surface area contributed by atoms with Crippen LogP contribution in [-0.2, 0) is 18.9 Å². The summed E-state index contributed by atoms with van der Waals surface area (Å²) >= 11 is 0. The fourth-order valence-corrected chi connectivity index (χ4v) is 2.85. The van der Waals surface area contributed by atoms with Crippen LogP contribution in [-0.4, -0.2) is 85.0 Å². The van der Waals surface area contributed by atoms with Gasteiger partial charge in [-0.15, -0.1) is 0 Å². The van der Waals surface area contributed by atoms with Crippen LogP contribution in [0.2, 0.25) is 0 Å². The maximum atomic E-state index is 9.88. The van der Waals surface area contributed by atoms with Crippen LogP contribution in [0.5, 0.6) is 0 Å². The summed E-state index contributed by atoms with van der Waals surface area (Å²) < 4.78 is 20.5. The Balaban J connectivity index is 0.000000253. The Morgan fingerprint density at radius 1 is 0.913 bits per heavy atom. The van der Waals surface area contributed by atoms with Crippen molar-refractivity contribution in [2.75, 3.05) is 20.8 Å². The second kappa shape index (κ2) is 9.27. The standard InChI is InChI=1S/C10H20O4.C6H12O3/c1-5(2)9-8(12)10(13-4)7(11)6(3)14-9;1-4-6(7)5(9-4)3-8-2/h5-12H,1-4H3;4-7H,3H2,1-2H3. The number of hydrogen-bond donors (Lipinski definition) is 3. The zero-order valence-corrected chi connectivity index (χ0v) is 14.9. The van der Waals surface area contributed by atoms with Crippen molar-refractivity contribution in [2.45, 2.75) is 76.5 Å². The average Bonchev–Trinajstić information content (AvgIpc) is 2.51. The first-order valence-electron chi connectivity index (χ1n) is 8.11. The van der Waals surface area contributed by atoms with Crippen LogP contribution in [0.3, 0.4) is 0 Å². The molecule has 7 nitrogen and oxygen atoms in total. The van der Waals surface area contributed by atoms with E-state index in [4.69, 9.17) is 24.1 Å². The summed E-state index contributed by atoms with van der Waals surface area (Å²) in [7, 11) is 3.09. The van der Waals surface area contributed by atoms with Gasteiger partial charge in [-0.05, 0) is 19.8 Å². The highest BCUT2D eigenvalue weighted by molar-refractivity contribution is 4.92. The maximum Gasteiger partial charge on any atom is 0.114 e. The fourth-order valence-electron chi connectivity index (χ4n) is 2.85. The molecule has 0 amide bonds. The number of hydrogen-bond acceptors (Lipinski definition) is 7. The number of rotatable bonds is 4. The zero-order valence-electron chi connectivity index (χ0n) is 14.9. The van der Waals surface area contributed by atoms with Gasteiger partial charge in [0.25, 0.3) is 0 Å². The van der Waals surface area contributed by atoms with Crippen LogP contribution in [0, 0.1) is 5.92 Å². The van der Waals surface area contributed by atoms with Gasteiger partial charge in [-0.1, -0.05) is 13.8 Å². The van der Waals surface area contributed by atoms with E-state index in [0.717, 1.165) is 0 Å². The van der Waals surface area contributed by atoms with Crippen molar-refractivity contribution in [2.24, 2.45) is 5.92 Å². The van der Waals surface area contributed by atoms with Gasteiger partial charge in [0.2, 0.25) is 0 Å². The van der Waals surface area contributed by atoms with E-state index in [2.05, 4.69) is 0 Å². The van der Waals surface area contributed by atoms with E-state index in [9.17, 15) is 10.2 Å². The van der Waals surface area contributed by atoms with Crippen LogP contribution in [0.25, 0.3) is 0 Å². The molecule has 8 unspecified atom stereocenters. The van der Waals surface area contributed by atoms with Crippen molar-refractivity contribution in [1.82, 2.24) is 0 Å². The third-order valence-corrected chi connectivity index (χ3v) is 4.37. The number of ether oxygens (including phenoxy) is 4. The van der Waals surface area contributed by atoms with E-state index < -0.39 is 18.3 Å². The molecule has 2 aliphatic rings. The third-order valence-electron chi connectivity index (χ3n) is 4.37. The highest BCUT2D eigenvalue weighted by Gasteiger charge is 2.43. The highest BCUT2D eigenvalue weighted by Crippen LogP contribution is 2.27. The summed E-state index contributed by atoms with van der Waals surface area (Å²) in [5, 5.41) is 28.7. The van der Waals surface area contributed by atoms with Crippen LogP contribution in [0.1, 0.15) is 27.7 Å². The summed E-state index contributed by atoms with van der Waals surface area (Å²) in [5.74, 6) is 0.206. The monoisotopic (exact) mass is 336 g/mol. The molecule has 3 N–H and O–H groups in total. The van der Waals surface area contributed by atoms with E-state index in [0.29, 0.717) is 6.61 Å². The van der Waals surface area contributed by atoms with Crippen molar-refractivity contribution in [3.8, 4) is 0 Å². The topological polar surface area (TPSA) is 97.6 Å². The lowest BCUT2D eigenvalue weighted by atomic mass is 9.90. The number of methoxy groups -OCH3 is 2. The van der Waals surface area contributed by atoms with Gasteiger partial charge in [0.15, 0.2) is 0 Å². The molecule has 0 aliphatic carbocycles. The summed E-state index contributed by atoms with van der Waals surface area (Å²) in [6, 6.07) is 0. The van der Waals surface area contributed by atoms with Gasteiger partial charge in [-0.3, -0.25) is 0 Å². The van der Waals surface area contributed by atoms with Gasteiger partial charge in [0.05, 0.1) is 24.9 Å². The van der Waals surface area contributed by atoms with Gasteiger partial charge < -0.3 is 34.3 Å². The van der Waals surface area contributed by atoms with Crippen molar-refractivity contribution in [3.05, 3.63) is 0 Å². The predicted octanol–water partition coefficient (Wildman–Crippen LogP) is -0.0525. The van der Waals surface area contributed by atoms with Gasteiger partial charge >= 0.3 is 0 Å². The summed E-state index contributed by atoms with van der Waals surface area (Å²) in [6.45, 7) is 8.08. The molecular weight excluding hydrogens is 304 g/mol. The normalized spacial score (nSPS) is 43.6. The molecular formula is C16H32O7. The second-order valence-corrected chi connectivity index (χ2v) is 6.56. The van der Waals surface area contributed by atoms with Gasteiger partial charge in [-0.2, -0.15) is 0 Å². The lowest BCUT2D eigenvalue weighted by Crippen LogP contribution is -2.58. The van der Waals surface area contributed by atoms with E-state index in [1.165, 1.54) is 7.11 Å². The van der Waals surface area contributed by atoms with Crippen LogP contribution >= 0.6 is 0 Å². The Bertz CT molecular complexity index is 334. The third kappa shape index (κ3) is 5.09. The molecule has 2 saturated heterocycles. The molecule has 0 radical (unpaired) electrons. The number of aliphatic hydroxyl groups is 3. The first kappa shape index (κ1) is 20.8. The molecule has 0 aromatic heterocycles. The molecule has 0 aromatic rings. The molecule has 2 heterocycles. The molecule has 0 saturated carbocycles. The molecule has 7 heteroatoms. The predicted molar refractivity (Wildman–Crippen MR) is 84.2 cm³/mol. The molecule has 2 fully saturated rings. The summed E-state index contributed by atoms with van der Waals surface area (Å²) in [6.07, 6.45) is -3.06. The van der Waals surface area contributed by atoms with Gasteiger partial charge in [0, 0.05) is 14.2 Å². The minimum absolute atomic E-state index is 0.00912. The molecule has 2 aliphatic heterocycles. The van der Waals surface area contributed by atoms with E-state index in [1.807, 2.05) is 20.8 Å². The van der Waals surface area contributed by atoms with Crippen molar-refractivity contribution < 1.29 is 34.3 Å². The summed E-state index contributed by atoms with van der Waals surface area (Å²) in [4.78, 5) is 0. The van der Waals surface area contributed by atoms with Crippen molar-refractivity contribution >= 4 is 0 Å². The first-order chi connectivity index (χ1) is 10.7. The van der Waals surface area contributed by atoms with Crippen LogP contribution < -0.4 is 0 Å². The van der Waals surface area contributed by atoms with Gasteiger partial charge in [0.1, 0.15) is 30.5 Å². The van der Waals surface area contributed by atoms with Crippen LogP contribution in [0.15, 0.2) is 0 Å². The lowest BCUT2D eigenvalue weighted by Gasteiger charge is -2.42. The Kier molecular flexibility index (Phi) is 8.37. The van der Waals surface area contributed by atoms with Crippen LogP contribution in [0.4, 0.5) is 0 Å². The molecule has 0 aromatic carbocycles. The van der Waals surface area contributed by atoms with E-state index in [1.54, 1.807) is 14.0 Å². The molecule has 0 spiro atoms.